The summed E-state index contributed by atoms with van der Waals surface area (Å²) in [5.41, 5.74) is 3.89. The normalized spacial score (nSPS) is 18.9. The quantitative estimate of drug-likeness (QED) is 0.402. The molecule has 2 aromatic carbocycles. The van der Waals surface area contributed by atoms with E-state index >= 15 is 4.39 Å². The van der Waals surface area contributed by atoms with E-state index in [1.165, 1.54) is 17.0 Å². The van der Waals surface area contributed by atoms with Gasteiger partial charge in [-0.3, -0.25) is 19.8 Å². The molecule has 170 valence electrons. The standard InChI is InChI=1S/C26H26FN3O2S/c1-6-16-9-7-8-10-21(16)30-24(32)19(23(31)28-25(30)33)12-17-11-18-15(2)14-26(3,4)29(5)22(18)13-20(17)27/h7-14H,6H2,1-5H3,(H,28,31,33)/b19-12-. The minimum Gasteiger partial charge on any atom is -0.365 e. The number of nitrogens with one attached hydrogen (secondary N) is 1. The summed E-state index contributed by atoms with van der Waals surface area (Å²) in [4.78, 5) is 29.4. The van der Waals surface area contributed by atoms with Crippen LogP contribution >= 0.6 is 12.2 Å². The number of carbonyl (C=O) groups is 2. The zero-order chi connectivity index (χ0) is 24.1. The molecule has 2 heterocycles. The molecule has 0 spiro atoms. The summed E-state index contributed by atoms with van der Waals surface area (Å²) < 4.78 is 15.2. The van der Waals surface area contributed by atoms with E-state index in [1.54, 1.807) is 18.2 Å². The Morgan fingerprint density at radius 2 is 1.85 bits per heavy atom. The van der Waals surface area contributed by atoms with Crippen LogP contribution < -0.4 is 15.1 Å². The number of rotatable bonds is 3. The van der Waals surface area contributed by atoms with Crippen molar-refractivity contribution < 1.29 is 14.0 Å². The third-order valence-corrected chi connectivity index (χ3v) is 6.63. The fraction of sp³-hybridized carbons (Fsp3) is 0.269. The molecule has 2 aromatic rings. The predicted molar refractivity (Wildman–Crippen MR) is 135 cm³/mol. The fourth-order valence-corrected chi connectivity index (χ4v) is 4.63. The van der Waals surface area contributed by atoms with Gasteiger partial charge < -0.3 is 4.90 Å². The number of amides is 2. The lowest BCUT2D eigenvalue weighted by molar-refractivity contribution is -0.122. The van der Waals surface area contributed by atoms with Gasteiger partial charge in [0.15, 0.2) is 5.11 Å². The summed E-state index contributed by atoms with van der Waals surface area (Å²) in [5, 5.41) is 2.59. The van der Waals surface area contributed by atoms with E-state index in [1.807, 2.05) is 37.9 Å². The van der Waals surface area contributed by atoms with E-state index in [0.717, 1.165) is 22.4 Å². The molecule has 1 fully saturated rings. The Kier molecular flexibility index (Phi) is 5.70. The van der Waals surface area contributed by atoms with Crippen LogP contribution in [0.15, 0.2) is 48.0 Å². The van der Waals surface area contributed by atoms with Gasteiger partial charge in [0, 0.05) is 23.9 Å². The van der Waals surface area contributed by atoms with Crippen molar-refractivity contribution in [1.82, 2.24) is 5.32 Å². The van der Waals surface area contributed by atoms with Gasteiger partial charge in [0.2, 0.25) is 0 Å². The first-order valence-corrected chi connectivity index (χ1v) is 11.2. The van der Waals surface area contributed by atoms with E-state index in [0.29, 0.717) is 12.1 Å². The number of allylic oxidation sites excluding steroid dienone is 1. The second-order valence-corrected chi connectivity index (χ2v) is 9.26. The van der Waals surface area contributed by atoms with Gasteiger partial charge in [-0.2, -0.15) is 0 Å². The number of hydrogen-bond acceptors (Lipinski definition) is 4. The number of fused-ring (bicyclic) bond motifs is 1. The van der Waals surface area contributed by atoms with Crippen molar-refractivity contribution in [3.8, 4) is 0 Å². The second kappa shape index (κ2) is 8.23. The molecule has 2 aliphatic heterocycles. The molecule has 2 aliphatic rings. The van der Waals surface area contributed by atoms with Crippen LogP contribution in [0.4, 0.5) is 15.8 Å². The van der Waals surface area contributed by atoms with Crippen molar-refractivity contribution in [2.24, 2.45) is 0 Å². The van der Waals surface area contributed by atoms with Crippen LogP contribution in [0.5, 0.6) is 0 Å². The summed E-state index contributed by atoms with van der Waals surface area (Å²) in [7, 11) is 1.92. The van der Waals surface area contributed by atoms with Crippen LogP contribution in [0.25, 0.3) is 11.6 Å². The van der Waals surface area contributed by atoms with E-state index < -0.39 is 17.6 Å². The number of carbonyl (C=O) groups excluding carboxylic acids is 2. The third kappa shape index (κ3) is 3.86. The van der Waals surface area contributed by atoms with Gasteiger partial charge in [-0.25, -0.2) is 4.39 Å². The number of aryl methyl sites for hydroxylation is 1. The Labute approximate surface area is 198 Å². The van der Waals surface area contributed by atoms with Gasteiger partial charge in [-0.15, -0.1) is 0 Å². The lowest BCUT2D eigenvalue weighted by atomic mass is 9.88. The lowest BCUT2D eigenvalue weighted by Gasteiger charge is -2.40. The van der Waals surface area contributed by atoms with E-state index in [-0.39, 0.29) is 21.8 Å². The maximum Gasteiger partial charge on any atom is 0.270 e. The van der Waals surface area contributed by atoms with Crippen LogP contribution in [0, 0.1) is 5.82 Å². The fourth-order valence-electron chi connectivity index (χ4n) is 4.36. The van der Waals surface area contributed by atoms with Gasteiger partial charge in [-0.05, 0) is 74.8 Å². The Balaban J connectivity index is 1.81. The van der Waals surface area contributed by atoms with Crippen molar-refractivity contribution >= 4 is 52.2 Å². The number of halogens is 1. The number of likely N-dealkylation sites (N-methyl/N-ethyl adjacent to an activating group) is 1. The Morgan fingerprint density at radius 1 is 1.15 bits per heavy atom. The third-order valence-electron chi connectivity index (χ3n) is 6.35. The largest absolute Gasteiger partial charge is 0.365 e. The van der Waals surface area contributed by atoms with Gasteiger partial charge in [0.1, 0.15) is 11.4 Å². The van der Waals surface area contributed by atoms with Crippen LogP contribution in [0.2, 0.25) is 0 Å². The number of hydrogen-bond donors (Lipinski definition) is 1. The molecule has 1 saturated heterocycles. The summed E-state index contributed by atoms with van der Waals surface area (Å²) in [6.45, 7) is 8.07. The first-order valence-electron chi connectivity index (χ1n) is 10.8. The highest BCUT2D eigenvalue weighted by molar-refractivity contribution is 7.80. The first-order chi connectivity index (χ1) is 15.5. The van der Waals surface area contributed by atoms with E-state index in [2.05, 4.69) is 25.2 Å². The highest BCUT2D eigenvalue weighted by Crippen LogP contribution is 2.39. The molecule has 0 bridgehead atoms. The number of thiocarbonyl (C=S) groups is 1. The van der Waals surface area contributed by atoms with Crippen LogP contribution in [-0.4, -0.2) is 29.5 Å². The van der Waals surface area contributed by atoms with E-state index in [9.17, 15) is 9.59 Å². The Hall–Kier alpha value is -3.32. The van der Waals surface area contributed by atoms with Gasteiger partial charge in [0.25, 0.3) is 11.8 Å². The molecule has 0 aliphatic carbocycles. The lowest BCUT2D eigenvalue weighted by Crippen LogP contribution is -2.54. The van der Waals surface area contributed by atoms with Crippen molar-refractivity contribution in [2.75, 3.05) is 16.8 Å². The maximum atomic E-state index is 15.2. The smallest absolute Gasteiger partial charge is 0.270 e. The molecular formula is C26H26FN3O2S. The molecule has 0 aromatic heterocycles. The maximum absolute atomic E-state index is 15.2. The SMILES string of the molecule is CCc1ccccc1N1C(=O)/C(=C\c2cc3c(cc2F)N(C)C(C)(C)C=C3C)C(=O)NC1=S. The van der Waals surface area contributed by atoms with Crippen molar-refractivity contribution in [3.05, 3.63) is 70.6 Å². The molecule has 0 atom stereocenters. The van der Waals surface area contributed by atoms with Crippen LogP contribution in [0.3, 0.4) is 0 Å². The molecular weight excluding hydrogens is 437 g/mol. The molecule has 1 N–H and O–H groups in total. The average molecular weight is 464 g/mol. The minimum atomic E-state index is -0.641. The first kappa shape index (κ1) is 22.9. The summed E-state index contributed by atoms with van der Waals surface area (Å²) in [5.74, 6) is -1.72. The summed E-state index contributed by atoms with van der Waals surface area (Å²) >= 11 is 5.30. The second-order valence-electron chi connectivity index (χ2n) is 8.87. The molecule has 33 heavy (non-hydrogen) atoms. The monoisotopic (exact) mass is 463 g/mol. The molecule has 0 unspecified atom stereocenters. The molecule has 2 amide bonds. The number of anilines is 2. The Morgan fingerprint density at radius 3 is 2.55 bits per heavy atom. The van der Waals surface area contributed by atoms with Crippen molar-refractivity contribution in [1.29, 1.82) is 0 Å². The van der Waals surface area contributed by atoms with Crippen LogP contribution in [-0.2, 0) is 16.0 Å². The van der Waals surface area contributed by atoms with Crippen LogP contribution in [0.1, 0.15) is 44.4 Å². The molecule has 0 saturated carbocycles. The zero-order valence-electron chi connectivity index (χ0n) is 19.3. The highest BCUT2D eigenvalue weighted by Gasteiger charge is 2.36. The molecule has 5 nitrogen and oxygen atoms in total. The van der Waals surface area contributed by atoms with Crippen molar-refractivity contribution in [2.45, 2.75) is 39.7 Å². The summed E-state index contributed by atoms with van der Waals surface area (Å²) in [6.07, 6.45) is 4.11. The number of nitrogens with zero attached hydrogens (tertiary/aromatic N) is 2. The number of benzene rings is 2. The highest BCUT2D eigenvalue weighted by atomic mass is 32.1. The topological polar surface area (TPSA) is 52.7 Å². The predicted octanol–water partition coefficient (Wildman–Crippen LogP) is 4.85. The van der Waals surface area contributed by atoms with Gasteiger partial charge in [0.05, 0.1) is 11.2 Å². The zero-order valence-corrected chi connectivity index (χ0v) is 20.1. The molecule has 4 rings (SSSR count). The van der Waals surface area contributed by atoms with E-state index in [4.69, 9.17) is 12.2 Å². The molecule has 0 radical (unpaired) electrons. The summed E-state index contributed by atoms with van der Waals surface area (Å²) in [6, 6.07) is 10.5. The Bertz CT molecular complexity index is 1260. The average Bonchev–Trinajstić information content (AvgIpc) is 2.75. The molecule has 7 heteroatoms. The minimum absolute atomic E-state index is 0.0107. The van der Waals surface area contributed by atoms with Gasteiger partial charge >= 0.3 is 0 Å². The number of para-hydroxylation sites is 1. The van der Waals surface area contributed by atoms with Crippen molar-refractivity contribution in [3.63, 3.8) is 0 Å². The van der Waals surface area contributed by atoms with Gasteiger partial charge in [-0.1, -0.05) is 31.2 Å².